The summed E-state index contributed by atoms with van der Waals surface area (Å²) in [5.41, 5.74) is 0. The second-order valence-corrected chi connectivity index (χ2v) is 5.47. The van der Waals surface area contributed by atoms with Gasteiger partial charge >= 0.3 is 0 Å². The van der Waals surface area contributed by atoms with Gasteiger partial charge in [0.05, 0.1) is 6.04 Å². The Labute approximate surface area is 98.4 Å². The van der Waals surface area contributed by atoms with E-state index in [0.29, 0.717) is 6.04 Å². The average Bonchev–Trinajstić information content (AvgIpc) is 2.45. The number of amides is 1. The third-order valence-electron chi connectivity index (χ3n) is 3.91. The van der Waals surface area contributed by atoms with E-state index in [9.17, 15) is 4.79 Å². The zero-order valence-electron chi connectivity index (χ0n) is 10.3. The van der Waals surface area contributed by atoms with E-state index in [0.717, 1.165) is 25.3 Å². The molecule has 0 radical (unpaired) electrons. The van der Waals surface area contributed by atoms with E-state index in [1.807, 2.05) is 0 Å². The van der Waals surface area contributed by atoms with Crippen LogP contribution in [-0.4, -0.2) is 24.5 Å². The fraction of sp³-hybridized carbons (Fsp3) is 0.923. The first-order chi connectivity index (χ1) is 7.75. The SMILES string of the molecule is C[C@H]1CCC[C@H](N[C@@H]2CCCCNC2=O)C1. The summed E-state index contributed by atoms with van der Waals surface area (Å²) < 4.78 is 0. The lowest BCUT2D eigenvalue weighted by molar-refractivity contribution is -0.123. The van der Waals surface area contributed by atoms with Crippen molar-refractivity contribution in [1.82, 2.24) is 10.6 Å². The molecule has 2 aliphatic rings. The standard InChI is InChI=1S/C13H24N2O/c1-10-5-4-6-11(9-10)15-12-7-2-3-8-14-13(12)16/h10-12,15H,2-9H2,1H3,(H,14,16)/t10-,11-,12+/m0/s1. The molecule has 2 N–H and O–H groups in total. The molecule has 0 aromatic rings. The molecule has 1 aliphatic heterocycles. The molecule has 0 aromatic heterocycles. The van der Waals surface area contributed by atoms with Crippen molar-refractivity contribution in [2.45, 2.75) is 64.0 Å². The Kier molecular flexibility index (Phi) is 4.22. The quantitative estimate of drug-likeness (QED) is 0.751. The van der Waals surface area contributed by atoms with Crippen molar-refractivity contribution in [2.75, 3.05) is 6.54 Å². The van der Waals surface area contributed by atoms with Gasteiger partial charge in [-0.05, 0) is 38.0 Å². The van der Waals surface area contributed by atoms with Crippen molar-refractivity contribution in [3.8, 4) is 0 Å². The van der Waals surface area contributed by atoms with Crippen LogP contribution < -0.4 is 10.6 Å². The lowest BCUT2D eigenvalue weighted by atomic mass is 9.86. The van der Waals surface area contributed by atoms with Crippen LogP contribution in [0, 0.1) is 5.92 Å². The maximum absolute atomic E-state index is 11.8. The Morgan fingerprint density at radius 1 is 1.19 bits per heavy atom. The van der Waals surface area contributed by atoms with Crippen LogP contribution in [0.4, 0.5) is 0 Å². The molecule has 3 atom stereocenters. The molecule has 1 saturated heterocycles. The van der Waals surface area contributed by atoms with Gasteiger partial charge in [0.1, 0.15) is 0 Å². The van der Waals surface area contributed by atoms with E-state index in [4.69, 9.17) is 0 Å². The molecule has 1 heterocycles. The number of nitrogens with one attached hydrogen (secondary N) is 2. The maximum Gasteiger partial charge on any atom is 0.237 e. The van der Waals surface area contributed by atoms with Crippen molar-refractivity contribution in [1.29, 1.82) is 0 Å². The van der Waals surface area contributed by atoms with E-state index in [1.54, 1.807) is 0 Å². The third kappa shape index (κ3) is 3.21. The lowest BCUT2D eigenvalue weighted by Gasteiger charge is -2.30. The van der Waals surface area contributed by atoms with Crippen LogP contribution in [0.25, 0.3) is 0 Å². The van der Waals surface area contributed by atoms with Gasteiger partial charge in [-0.1, -0.05) is 19.8 Å². The van der Waals surface area contributed by atoms with E-state index < -0.39 is 0 Å². The van der Waals surface area contributed by atoms with Gasteiger partial charge in [0.2, 0.25) is 5.91 Å². The third-order valence-corrected chi connectivity index (χ3v) is 3.91. The van der Waals surface area contributed by atoms with Gasteiger partial charge in [0.15, 0.2) is 0 Å². The topological polar surface area (TPSA) is 41.1 Å². The molecule has 0 aromatic carbocycles. The van der Waals surface area contributed by atoms with Crippen molar-refractivity contribution in [3.63, 3.8) is 0 Å². The van der Waals surface area contributed by atoms with Gasteiger partial charge in [0.25, 0.3) is 0 Å². The normalized spacial score (nSPS) is 36.6. The summed E-state index contributed by atoms with van der Waals surface area (Å²) in [6, 6.07) is 0.635. The van der Waals surface area contributed by atoms with Gasteiger partial charge < -0.3 is 10.6 Å². The first-order valence-electron chi connectivity index (χ1n) is 6.79. The zero-order valence-corrected chi connectivity index (χ0v) is 10.3. The second-order valence-electron chi connectivity index (χ2n) is 5.47. The summed E-state index contributed by atoms with van der Waals surface area (Å²) in [5, 5.41) is 6.56. The summed E-state index contributed by atoms with van der Waals surface area (Å²) in [5.74, 6) is 1.04. The van der Waals surface area contributed by atoms with Gasteiger partial charge in [-0.25, -0.2) is 0 Å². The second kappa shape index (κ2) is 5.67. The predicted molar refractivity (Wildman–Crippen MR) is 65.2 cm³/mol. The maximum atomic E-state index is 11.8. The van der Waals surface area contributed by atoms with E-state index in [2.05, 4.69) is 17.6 Å². The van der Waals surface area contributed by atoms with Crippen molar-refractivity contribution < 1.29 is 4.79 Å². The van der Waals surface area contributed by atoms with E-state index in [-0.39, 0.29) is 11.9 Å². The molecular formula is C13H24N2O. The smallest absolute Gasteiger partial charge is 0.237 e. The highest BCUT2D eigenvalue weighted by atomic mass is 16.2. The highest BCUT2D eigenvalue weighted by Gasteiger charge is 2.26. The largest absolute Gasteiger partial charge is 0.355 e. The summed E-state index contributed by atoms with van der Waals surface area (Å²) in [6.07, 6.45) is 8.46. The summed E-state index contributed by atoms with van der Waals surface area (Å²) in [4.78, 5) is 11.8. The minimum atomic E-state index is 0.0674. The Hall–Kier alpha value is -0.570. The highest BCUT2D eigenvalue weighted by molar-refractivity contribution is 5.81. The predicted octanol–water partition coefficient (Wildman–Crippen LogP) is 1.82. The molecule has 2 rings (SSSR count). The molecule has 2 fully saturated rings. The van der Waals surface area contributed by atoms with Gasteiger partial charge in [-0.3, -0.25) is 4.79 Å². The van der Waals surface area contributed by atoms with Crippen molar-refractivity contribution in [3.05, 3.63) is 0 Å². The van der Waals surface area contributed by atoms with Crippen LogP contribution in [0.3, 0.4) is 0 Å². The summed E-state index contributed by atoms with van der Waals surface area (Å²) >= 11 is 0. The molecule has 16 heavy (non-hydrogen) atoms. The Morgan fingerprint density at radius 3 is 2.88 bits per heavy atom. The molecule has 3 nitrogen and oxygen atoms in total. The highest BCUT2D eigenvalue weighted by Crippen LogP contribution is 2.24. The van der Waals surface area contributed by atoms with Crippen molar-refractivity contribution in [2.24, 2.45) is 5.92 Å². The molecule has 0 bridgehead atoms. The summed E-state index contributed by atoms with van der Waals surface area (Å²) in [7, 11) is 0. The number of hydrogen-bond donors (Lipinski definition) is 2. The molecular weight excluding hydrogens is 200 g/mol. The molecule has 1 amide bonds. The van der Waals surface area contributed by atoms with Gasteiger partial charge in [-0.15, -0.1) is 0 Å². The molecule has 1 aliphatic carbocycles. The van der Waals surface area contributed by atoms with Crippen LogP contribution in [0.15, 0.2) is 0 Å². The van der Waals surface area contributed by atoms with Crippen LogP contribution in [-0.2, 0) is 4.79 Å². The van der Waals surface area contributed by atoms with Gasteiger partial charge in [0, 0.05) is 12.6 Å². The van der Waals surface area contributed by atoms with Crippen molar-refractivity contribution >= 4 is 5.91 Å². The minimum Gasteiger partial charge on any atom is -0.355 e. The molecule has 0 spiro atoms. The van der Waals surface area contributed by atoms with E-state index in [1.165, 1.54) is 32.1 Å². The van der Waals surface area contributed by atoms with Gasteiger partial charge in [-0.2, -0.15) is 0 Å². The average molecular weight is 224 g/mol. The number of hydrogen-bond acceptors (Lipinski definition) is 2. The molecule has 3 heteroatoms. The van der Waals surface area contributed by atoms with E-state index >= 15 is 0 Å². The first kappa shape index (κ1) is 11.9. The Morgan fingerprint density at radius 2 is 2.06 bits per heavy atom. The van der Waals surface area contributed by atoms with Crippen LogP contribution in [0.1, 0.15) is 51.9 Å². The molecule has 1 saturated carbocycles. The Bertz CT molecular complexity index is 242. The fourth-order valence-corrected chi connectivity index (χ4v) is 2.97. The van der Waals surface area contributed by atoms with Crippen LogP contribution >= 0.6 is 0 Å². The summed E-state index contributed by atoms with van der Waals surface area (Å²) in [6.45, 7) is 3.18. The zero-order chi connectivity index (χ0) is 11.4. The van der Waals surface area contributed by atoms with Crippen LogP contribution in [0.2, 0.25) is 0 Å². The number of rotatable bonds is 2. The minimum absolute atomic E-state index is 0.0674. The Balaban J connectivity index is 1.84. The molecule has 0 unspecified atom stereocenters. The number of carbonyl (C=O) groups is 1. The fourth-order valence-electron chi connectivity index (χ4n) is 2.97. The lowest BCUT2D eigenvalue weighted by Crippen LogP contribution is -2.48. The molecule has 92 valence electrons. The first-order valence-corrected chi connectivity index (χ1v) is 6.79. The van der Waals surface area contributed by atoms with Crippen LogP contribution in [0.5, 0.6) is 0 Å². The number of carbonyl (C=O) groups excluding carboxylic acids is 1. The monoisotopic (exact) mass is 224 g/mol.